The summed E-state index contributed by atoms with van der Waals surface area (Å²) in [4.78, 5) is 16.4. The maximum absolute atomic E-state index is 11.1. The highest BCUT2D eigenvalue weighted by molar-refractivity contribution is 7.20. The molecule has 0 amide bonds. The van der Waals surface area contributed by atoms with Crippen molar-refractivity contribution in [3.05, 3.63) is 35.5 Å². The van der Waals surface area contributed by atoms with Crippen molar-refractivity contribution in [3.8, 4) is 11.3 Å². The van der Waals surface area contributed by atoms with Gasteiger partial charge in [0.1, 0.15) is 15.4 Å². The first-order valence-corrected chi connectivity index (χ1v) is 6.66. The SMILES string of the molecule is CCn1nc(-c2cccnc2)c2cc(C(=O)O)sc21. The molecule has 3 rings (SSSR count). The van der Waals surface area contributed by atoms with E-state index in [2.05, 4.69) is 10.1 Å². The first-order valence-electron chi connectivity index (χ1n) is 5.84. The highest BCUT2D eigenvalue weighted by atomic mass is 32.1. The summed E-state index contributed by atoms with van der Waals surface area (Å²) < 4.78 is 1.83. The van der Waals surface area contributed by atoms with Gasteiger partial charge in [0.05, 0.1) is 0 Å². The Morgan fingerprint density at radius 3 is 3.00 bits per heavy atom. The van der Waals surface area contributed by atoms with Crippen molar-refractivity contribution in [2.45, 2.75) is 13.5 Å². The maximum atomic E-state index is 11.1. The molecule has 0 spiro atoms. The van der Waals surface area contributed by atoms with Gasteiger partial charge in [-0.15, -0.1) is 11.3 Å². The molecule has 0 radical (unpaired) electrons. The number of nitrogens with zero attached hydrogens (tertiary/aromatic N) is 3. The summed E-state index contributed by atoms with van der Waals surface area (Å²) in [5, 5.41) is 14.5. The van der Waals surface area contributed by atoms with Gasteiger partial charge in [0, 0.05) is 29.9 Å². The number of hydrogen-bond acceptors (Lipinski definition) is 4. The fraction of sp³-hybridized carbons (Fsp3) is 0.154. The quantitative estimate of drug-likeness (QED) is 0.796. The smallest absolute Gasteiger partial charge is 0.345 e. The normalized spacial score (nSPS) is 11.0. The molecule has 0 aromatic carbocycles. The third-order valence-electron chi connectivity index (χ3n) is 2.87. The molecule has 0 saturated carbocycles. The van der Waals surface area contributed by atoms with Gasteiger partial charge < -0.3 is 5.11 Å². The lowest BCUT2D eigenvalue weighted by atomic mass is 10.1. The highest BCUT2D eigenvalue weighted by Gasteiger charge is 2.17. The standard InChI is InChI=1S/C13H11N3O2S/c1-2-16-12-9(6-10(19-12)13(17)18)11(15-16)8-4-3-5-14-7-8/h3-7H,2H2,1H3,(H,17,18). The van der Waals surface area contributed by atoms with E-state index >= 15 is 0 Å². The van der Waals surface area contributed by atoms with Crippen LogP contribution in [0.5, 0.6) is 0 Å². The fourth-order valence-corrected chi connectivity index (χ4v) is 3.01. The van der Waals surface area contributed by atoms with Gasteiger partial charge in [-0.1, -0.05) is 0 Å². The van der Waals surface area contributed by atoms with Crippen LogP contribution in [0.2, 0.25) is 0 Å². The molecule has 0 bridgehead atoms. The van der Waals surface area contributed by atoms with Crippen LogP contribution in [-0.2, 0) is 6.54 Å². The number of carboxylic acids is 1. The fourth-order valence-electron chi connectivity index (χ4n) is 2.00. The number of thiophene rings is 1. The number of aryl methyl sites for hydroxylation is 1. The molecule has 0 unspecified atom stereocenters. The Morgan fingerprint density at radius 2 is 2.37 bits per heavy atom. The van der Waals surface area contributed by atoms with Crippen molar-refractivity contribution in [2.75, 3.05) is 0 Å². The number of hydrogen-bond donors (Lipinski definition) is 1. The second-order valence-electron chi connectivity index (χ2n) is 4.04. The average molecular weight is 273 g/mol. The van der Waals surface area contributed by atoms with Gasteiger partial charge in [-0.3, -0.25) is 9.67 Å². The van der Waals surface area contributed by atoms with Gasteiger partial charge >= 0.3 is 5.97 Å². The summed E-state index contributed by atoms with van der Waals surface area (Å²) in [6, 6.07) is 5.45. The van der Waals surface area contributed by atoms with Crippen LogP contribution in [0.15, 0.2) is 30.6 Å². The highest BCUT2D eigenvalue weighted by Crippen LogP contribution is 2.33. The summed E-state index contributed by atoms with van der Waals surface area (Å²) >= 11 is 1.25. The Bertz CT molecular complexity index is 746. The molecule has 0 aliphatic heterocycles. The second kappa shape index (κ2) is 4.47. The molecule has 0 saturated heterocycles. The van der Waals surface area contributed by atoms with Crippen molar-refractivity contribution in [1.29, 1.82) is 0 Å². The minimum absolute atomic E-state index is 0.333. The Kier molecular flexibility index (Phi) is 2.79. The molecule has 6 heteroatoms. The number of carbonyl (C=O) groups is 1. The summed E-state index contributed by atoms with van der Waals surface area (Å²) in [6.07, 6.45) is 3.44. The lowest BCUT2D eigenvalue weighted by Crippen LogP contribution is -1.96. The maximum Gasteiger partial charge on any atom is 0.345 e. The van der Waals surface area contributed by atoms with Crippen LogP contribution < -0.4 is 0 Å². The Morgan fingerprint density at radius 1 is 1.53 bits per heavy atom. The zero-order chi connectivity index (χ0) is 13.4. The van der Waals surface area contributed by atoms with Gasteiger partial charge in [-0.25, -0.2) is 4.79 Å². The van der Waals surface area contributed by atoms with E-state index in [1.54, 1.807) is 18.5 Å². The van der Waals surface area contributed by atoms with Crippen LogP contribution in [0.4, 0.5) is 0 Å². The average Bonchev–Trinajstić information content (AvgIpc) is 2.98. The van der Waals surface area contributed by atoms with Gasteiger partial charge in [-0.05, 0) is 25.1 Å². The van der Waals surface area contributed by atoms with Crippen LogP contribution in [0, 0.1) is 0 Å². The van der Waals surface area contributed by atoms with E-state index in [1.165, 1.54) is 11.3 Å². The minimum atomic E-state index is -0.902. The van der Waals surface area contributed by atoms with E-state index in [0.717, 1.165) is 21.5 Å². The van der Waals surface area contributed by atoms with Crippen molar-refractivity contribution in [1.82, 2.24) is 14.8 Å². The lowest BCUT2D eigenvalue weighted by Gasteiger charge is -1.96. The van der Waals surface area contributed by atoms with E-state index < -0.39 is 5.97 Å². The third-order valence-corrected chi connectivity index (χ3v) is 4.00. The molecule has 3 aromatic heterocycles. The number of aromatic carboxylic acids is 1. The first kappa shape index (κ1) is 11.9. The topological polar surface area (TPSA) is 68.0 Å². The molecular formula is C13H11N3O2S. The number of carboxylic acid groups (broad SMARTS) is 1. The summed E-state index contributed by atoms with van der Waals surface area (Å²) in [7, 11) is 0. The minimum Gasteiger partial charge on any atom is -0.477 e. The third kappa shape index (κ3) is 1.90. The van der Waals surface area contributed by atoms with Gasteiger partial charge in [0.25, 0.3) is 0 Å². The number of aromatic nitrogens is 3. The Balaban J connectivity index is 2.27. The molecule has 0 atom stereocenters. The van der Waals surface area contributed by atoms with E-state index in [-0.39, 0.29) is 0 Å². The predicted octanol–water partition coefficient (Wildman–Crippen LogP) is 2.88. The molecule has 0 aliphatic carbocycles. The summed E-state index contributed by atoms with van der Waals surface area (Å²) in [6.45, 7) is 2.69. The van der Waals surface area contributed by atoms with E-state index in [4.69, 9.17) is 5.11 Å². The van der Waals surface area contributed by atoms with Crippen molar-refractivity contribution < 1.29 is 9.90 Å². The van der Waals surface area contributed by atoms with E-state index in [9.17, 15) is 4.79 Å². The molecule has 3 aromatic rings. The first-order chi connectivity index (χ1) is 9.20. The van der Waals surface area contributed by atoms with Gasteiger partial charge in [0.15, 0.2) is 0 Å². The van der Waals surface area contributed by atoms with Crippen molar-refractivity contribution in [2.24, 2.45) is 0 Å². The van der Waals surface area contributed by atoms with E-state index in [1.807, 2.05) is 23.7 Å². The van der Waals surface area contributed by atoms with Gasteiger partial charge in [0.2, 0.25) is 0 Å². The molecule has 19 heavy (non-hydrogen) atoms. The summed E-state index contributed by atoms with van der Waals surface area (Å²) in [5.74, 6) is -0.902. The van der Waals surface area contributed by atoms with Crippen molar-refractivity contribution >= 4 is 27.5 Å². The van der Waals surface area contributed by atoms with Crippen LogP contribution >= 0.6 is 11.3 Å². The number of rotatable bonds is 3. The lowest BCUT2D eigenvalue weighted by molar-refractivity contribution is 0.0702. The van der Waals surface area contributed by atoms with Crippen LogP contribution in [0.25, 0.3) is 21.5 Å². The van der Waals surface area contributed by atoms with Crippen LogP contribution in [0.3, 0.4) is 0 Å². The Labute approximate surface area is 113 Å². The predicted molar refractivity (Wildman–Crippen MR) is 73.5 cm³/mol. The van der Waals surface area contributed by atoms with E-state index in [0.29, 0.717) is 11.4 Å². The monoisotopic (exact) mass is 273 g/mol. The molecule has 0 aliphatic rings. The second-order valence-corrected chi connectivity index (χ2v) is 5.07. The molecule has 5 nitrogen and oxygen atoms in total. The summed E-state index contributed by atoms with van der Waals surface area (Å²) in [5.41, 5.74) is 1.68. The molecular weight excluding hydrogens is 262 g/mol. The Hall–Kier alpha value is -2.21. The molecule has 0 fully saturated rings. The molecule has 3 heterocycles. The number of pyridine rings is 1. The largest absolute Gasteiger partial charge is 0.477 e. The van der Waals surface area contributed by atoms with Crippen LogP contribution in [-0.4, -0.2) is 25.8 Å². The zero-order valence-electron chi connectivity index (χ0n) is 10.2. The van der Waals surface area contributed by atoms with Crippen LogP contribution in [0.1, 0.15) is 16.6 Å². The zero-order valence-corrected chi connectivity index (χ0v) is 11.0. The molecule has 96 valence electrons. The van der Waals surface area contributed by atoms with Crippen molar-refractivity contribution in [3.63, 3.8) is 0 Å². The molecule has 1 N–H and O–H groups in total. The van der Waals surface area contributed by atoms with Gasteiger partial charge in [-0.2, -0.15) is 5.10 Å². The number of fused-ring (bicyclic) bond motifs is 1.